The highest BCUT2D eigenvalue weighted by atomic mass is 32.2. The molecule has 0 heterocycles. The first-order valence-corrected chi connectivity index (χ1v) is 8.70. The van der Waals surface area contributed by atoms with E-state index in [0.717, 1.165) is 38.5 Å². The third-order valence-corrected chi connectivity index (χ3v) is 5.51. The van der Waals surface area contributed by atoms with Crippen molar-refractivity contribution >= 4 is 17.8 Å². The van der Waals surface area contributed by atoms with Crippen molar-refractivity contribution < 1.29 is 9.90 Å². The molecule has 0 aromatic heterocycles. The molecule has 2 saturated carbocycles. The van der Waals surface area contributed by atoms with Gasteiger partial charge in [0.1, 0.15) is 0 Å². The van der Waals surface area contributed by atoms with Crippen molar-refractivity contribution in [3.8, 4) is 0 Å². The predicted molar refractivity (Wildman–Crippen MR) is 79.5 cm³/mol. The average molecular weight is 286 g/mol. The van der Waals surface area contributed by atoms with E-state index >= 15 is 0 Å². The molecule has 0 aromatic rings. The van der Waals surface area contributed by atoms with Gasteiger partial charge >= 0.3 is 6.03 Å². The number of urea groups is 1. The van der Waals surface area contributed by atoms with Gasteiger partial charge in [-0.05, 0) is 38.4 Å². The maximum atomic E-state index is 11.8. The number of aliphatic hydroxyl groups is 1. The Morgan fingerprint density at radius 3 is 2.68 bits per heavy atom. The Bertz CT molecular complexity index is 306. The molecule has 2 aliphatic carbocycles. The van der Waals surface area contributed by atoms with Gasteiger partial charge in [-0.3, -0.25) is 0 Å². The Morgan fingerprint density at radius 2 is 2.05 bits per heavy atom. The lowest BCUT2D eigenvalue weighted by Crippen LogP contribution is -2.49. The predicted octanol–water partition coefficient (Wildman–Crippen LogP) is 2.26. The summed E-state index contributed by atoms with van der Waals surface area (Å²) in [5.74, 6) is 0. The van der Waals surface area contributed by atoms with E-state index in [1.807, 2.05) is 11.8 Å². The summed E-state index contributed by atoms with van der Waals surface area (Å²) in [5, 5.41) is 16.9. The first-order chi connectivity index (χ1) is 9.11. The second kappa shape index (κ2) is 6.84. The second-order valence-electron chi connectivity index (χ2n) is 5.98. The number of carbonyl (C=O) groups is 1. The van der Waals surface area contributed by atoms with E-state index in [1.165, 1.54) is 12.8 Å². The van der Waals surface area contributed by atoms with Crippen molar-refractivity contribution in [2.24, 2.45) is 0 Å². The molecule has 0 spiro atoms. The zero-order chi connectivity index (χ0) is 13.7. The van der Waals surface area contributed by atoms with Crippen LogP contribution in [-0.4, -0.2) is 40.8 Å². The molecule has 0 aromatic carbocycles. The fourth-order valence-corrected chi connectivity index (χ4v) is 3.95. The van der Waals surface area contributed by atoms with Gasteiger partial charge in [-0.15, -0.1) is 0 Å². The summed E-state index contributed by atoms with van der Waals surface area (Å²) < 4.78 is 0. The van der Waals surface area contributed by atoms with Crippen LogP contribution in [0.2, 0.25) is 0 Å². The normalized spacial score (nSPS) is 30.0. The minimum atomic E-state index is -0.674. The van der Waals surface area contributed by atoms with Crippen molar-refractivity contribution in [1.29, 1.82) is 0 Å². The molecule has 2 aliphatic rings. The number of hydrogen-bond acceptors (Lipinski definition) is 3. The molecule has 2 rings (SSSR count). The van der Waals surface area contributed by atoms with Crippen molar-refractivity contribution in [2.45, 2.75) is 68.3 Å². The van der Waals surface area contributed by atoms with Crippen LogP contribution in [0.3, 0.4) is 0 Å². The fraction of sp³-hybridized carbons (Fsp3) is 0.929. The first kappa shape index (κ1) is 15.0. The van der Waals surface area contributed by atoms with Crippen LogP contribution in [0.1, 0.15) is 51.4 Å². The summed E-state index contributed by atoms with van der Waals surface area (Å²) in [6.07, 6.45) is 10.4. The molecule has 19 heavy (non-hydrogen) atoms. The summed E-state index contributed by atoms with van der Waals surface area (Å²) in [6.45, 7) is 0.386. The Balaban J connectivity index is 1.67. The maximum absolute atomic E-state index is 11.8. The van der Waals surface area contributed by atoms with Gasteiger partial charge in [0, 0.05) is 17.8 Å². The summed E-state index contributed by atoms with van der Waals surface area (Å²) in [4.78, 5) is 11.8. The lowest BCUT2D eigenvalue weighted by Gasteiger charge is -2.32. The molecule has 0 saturated heterocycles. The van der Waals surface area contributed by atoms with Gasteiger partial charge in [-0.1, -0.05) is 19.3 Å². The van der Waals surface area contributed by atoms with Gasteiger partial charge in [-0.25, -0.2) is 4.79 Å². The molecule has 4 nitrogen and oxygen atoms in total. The first-order valence-electron chi connectivity index (χ1n) is 7.41. The maximum Gasteiger partial charge on any atom is 0.315 e. The third kappa shape index (κ3) is 4.56. The van der Waals surface area contributed by atoms with Crippen molar-refractivity contribution in [3.63, 3.8) is 0 Å². The van der Waals surface area contributed by atoms with Crippen LogP contribution in [0.5, 0.6) is 0 Å². The third-order valence-electron chi connectivity index (χ3n) is 4.42. The number of hydrogen-bond donors (Lipinski definition) is 3. The van der Waals surface area contributed by atoms with Gasteiger partial charge in [-0.2, -0.15) is 11.8 Å². The van der Waals surface area contributed by atoms with Crippen molar-refractivity contribution in [1.82, 2.24) is 10.6 Å². The van der Waals surface area contributed by atoms with E-state index in [-0.39, 0.29) is 6.03 Å². The number of carbonyl (C=O) groups excluding carboxylic acids is 1. The molecule has 3 N–H and O–H groups in total. The van der Waals surface area contributed by atoms with Crippen LogP contribution in [0.15, 0.2) is 0 Å². The van der Waals surface area contributed by atoms with Gasteiger partial charge in [0.05, 0.1) is 5.60 Å². The minimum absolute atomic E-state index is 0.120. The summed E-state index contributed by atoms with van der Waals surface area (Å²) in [7, 11) is 0. The van der Waals surface area contributed by atoms with E-state index in [0.29, 0.717) is 17.8 Å². The highest BCUT2D eigenvalue weighted by Gasteiger charge is 2.30. The summed E-state index contributed by atoms with van der Waals surface area (Å²) >= 11 is 1.89. The Morgan fingerprint density at radius 1 is 1.32 bits per heavy atom. The quantitative estimate of drug-likeness (QED) is 0.743. The monoisotopic (exact) mass is 286 g/mol. The van der Waals surface area contributed by atoms with Gasteiger partial charge in [0.25, 0.3) is 0 Å². The molecule has 2 amide bonds. The van der Waals surface area contributed by atoms with Crippen LogP contribution >= 0.6 is 11.8 Å². The zero-order valence-electron chi connectivity index (χ0n) is 11.8. The molecule has 0 bridgehead atoms. The molecule has 0 aliphatic heterocycles. The number of thioether (sulfide) groups is 1. The Hall–Kier alpha value is -0.420. The molecule has 110 valence electrons. The Kier molecular flexibility index (Phi) is 5.39. The van der Waals surface area contributed by atoms with E-state index in [9.17, 15) is 9.90 Å². The molecular formula is C14H26N2O2S. The van der Waals surface area contributed by atoms with Crippen LogP contribution in [0.25, 0.3) is 0 Å². The number of rotatable bonds is 4. The Labute approximate surface area is 120 Å². The fourth-order valence-electron chi connectivity index (χ4n) is 3.15. The second-order valence-corrected chi connectivity index (χ2v) is 7.12. The standard InChI is InChI=1S/C14H26N2O2S/c1-19-12-6-5-11(9-12)16-13(17)15-10-14(18)7-3-2-4-8-14/h11-12,18H,2-10H2,1H3,(H2,15,16,17). The average Bonchev–Trinajstić information content (AvgIpc) is 2.85. The lowest BCUT2D eigenvalue weighted by molar-refractivity contribution is 0.00713. The molecule has 0 radical (unpaired) electrons. The van der Waals surface area contributed by atoms with Crippen molar-refractivity contribution in [2.75, 3.05) is 12.8 Å². The lowest BCUT2D eigenvalue weighted by atomic mass is 9.85. The zero-order valence-corrected chi connectivity index (χ0v) is 12.6. The van der Waals surface area contributed by atoms with Crippen molar-refractivity contribution in [3.05, 3.63) is 0 Å². The van der Waals surface area contributed by atoms with E-state index < -0.39 is 5.60 Å². The minimum Gasteiger partial charge on any atom is -0.388 e. The number of nitrogens with one attached hydrogen (secondary N) is 2. The van der Waals surface area contributed by atoms with Gasteiger partial charge in [0.2, 0.25) is 0 Å². The molecule has 2 fully saturated rings. The largest absolute Gasteiger partial charge is 0.388 e. The highest BCUT2D eigenvalue weighted by Crippen LogP contribution is 2.28. The SMILES string of the molecule is CSC1CCC(NC(=O)NCC2(O)CCCCC2)C1. The summed E-state index contributed by atoms with van der Waals surface area (Å²) in [5.41, 5.74) is -0.674. The topological polar surface area (TPSA) is 61.4 Å². The van der Waals surface area contributed by atoms with E-state index in [1.54, 1.807) is 0 Å². The summed E-state index contributed by atoms with van der Waals surface area (Å²) in [6, 6.07) is 0.184. The van der Waals surface area contributed by atoms with E-state index in [2.05, 4.69) is 16.9 Å². The van der Waals surface area contributed by atoms with Gasteiger partial charge in [0.15, 0.2) is 0 Å². The number of amides is 2. The smallest absolute Gasteiger partial charge is 0.315 e. The molecule has 2 atom stereocenters. The molecule has 2 unspecified atom stereocenters. The van der Waals surface area contributed by atoms with Crippen LogP contribution in [-0.2, 0) is 0 Å². The molecule has 5 heteroatoms. The van der Waals surface area contributed by atoms with Crippen LogP contribution < -0.4 is 10.6 Å². The van der Waals surface area contributed by atoms with Gasteiger partial charge < -0.3 is 15.7 Å². The highest BCUT2D eigenvalue weighted by molar-refractivity contribution is 7.99. The molecular weight excluding hydrogens is 260 g/mol. The van der Waals surface area contributed by atoms with Crippen LogP contribution in [0, 0.1) is 0 Å². The van der Waals surface area contributed by atoms with Crippen LogP contribution in [0.4, 0.5) is 4.79 Å². The van der Waals surface area contributed by atoms with E-state index in [4.69, 9.17) is 0 Å².